The number of unbranched alkanes of at least 4 members (excludes halogenated alkanes) is 10. The molecule has 0 aromatic rings. The molecule has 406 valence electrons. The fourth-order valence-electron chi connectivity index (χ4n) is 6.98. The lowest BCUT2D eigenvalue weighted by Gasteiger charge is -2.18. The molecule has 1 unspecified atom stereocenters. The van der Waals surface area contributed by atoms with Gasteiger partial charge in [0.05, 0.1) is 0 Å². The van der Waals surface area contributed by atoms with Crippen LogP contribution in [0.3, 0.4) is 0 Å². The molecule has 0 bridgehead atoms. The molecule has 6 nitrogen and oxygen atoms in total. The monoisotopic (exact) mass is 1000 g/mol. The smallest absolute Gasteiger partial charge is 0.306 e. The predicted octanol–water partition coefficient (Wildman–Crippen LogP) is 19.5. The van der Waals surface area contributed by atoms with Gasteiger partial charge in [-0.1, -0.05) is 229 Å². The highest BCUT2D eigenvalue weighted by Crippen LogP contribution is 2.12. The van der Waals surface area contributed by atoms with Gasteiger partial charge in [-0.3, -0.25) is 14.4 Å². The van der Waals surface area contributed by atoms with Crippen molar-refractivity contribution in [2.45, 2.75) is 219 Å². The number of carbonyl (C=O) groups excluding carboxylic acids is 3. The second kappa shape index (κ2) is 59.3. The number of carbonyl (C=O) groups is 3. The van der Waals surface area contributed by atoms with Crippen molar-refractivity contribution in [2.75, 3.05) is 13.2 Å². The summed E-state index contributed by atoms with van der Waals surface area (Å²) in [5, 5.41) is 0. The second-order valence-electron chi connectivity index (χ2n) is 18.1. The molecule has 73 heavy (non-hydrogen) atoms. The van der Waals surface area contributed by atoms with E-state index in [0.29, 0.717) is 19.3 Å². The van der Waals surface area contributed by atoms with E-state index in [2.05, 4.69) is 179 Å². The van der Waals surface area contributed by atoms with Gasteiger partial charge in [-0.15, -0.1) is 0 Å². The molecule has 0 aromatic heterocycles. The minimum absolute atomic E-state index is 0.133. The molecule has 0 rings (SSSR count). The van der Waals surface area contributed by atoms with E-state index in [4.69, 9.17) is 14.2 Å². The summed E-state index contributed by atoms with van der Waals surface area (Å²) in [5.41, 5.74) is 0. The van der Waals surface area contributed by atoms with Crippen LogP contribution in [-0.4, -0.2) is 37.2 Å². The maximum absolute atomic E-state index is 12.8. The van der Waals surface area contributed by atoms with Crippen LogP contribution in [0.4, 0.5) is 0 Å². The van der Waals surface area contributed by atoms with Gasteiger partial charge >= 0.3 is 17.9 Å². The summed E-state index contributed by atoms with van der Waals surface area (Å²) in [6, 6.07) is 0. The van der Waals surface area contributed by atoms with Crippen LogP contribution in [-0.2, 0) is 28.6 Å². The molecule has 1 atom stereocenters. The lowest BCUT2D eigenvalue weighted by Crippen LogP contribution is -2.30. The van der Waals surface area contributed by atoms with E-state index < -0.39 is 12.1 Å². The van der Waals surface area contributed by atoms with Gasteiger partial charge in [0.15, 0.2) is 6.10 Å². The molecular formula is C67H102O6. The normalized spacial score (nSPS) is 13.4. The fraction of sp³-hybridized carbons (Fsp3) is 0.537. The molecule has 0 aliphatic heterocycles. The molecule has 0 amide bonds. The summed E-state index contributed by atoms with van der Waals surface area (Å²) in [6.45, 7) is 6.23. The average molecular weight is 1000 g/mol. The van der Waals surface area contributed by atoms with E-state index in [9.17, 15) is 14.4 Å². The van der Waals surface area contributed by atoms with E-state index in [1.807, 2.05) is 12.2 Å². The van der Waals surface area contributed by atoms with Gasteiger partial charge in [0.2, 0.25) is 0 Å². The van der Waals surface area contributed by atoms with E-state index >= 15 is 0 Å². The van der Waals surface area contributed by atoms with Gasteiger partial charge in [0.25, 0.3) is 0 Å². The SMILES string of the molecule is CC/C=C\C/C=C\C/C=C\C/C=C\C/C=C\C/C=C\CCCCCCC(=O)OCC(COC(=O)CCCCCCC/C=C\C/C=C\CCC)OC(=O)CC/C=C\C/C=C\C/C=C\C/C=C\C/C=C\C/C=C\CC. The Hall–Kier alpha value is -5.23. The van der Waals surface area contributed by atoms with Crippen LogP contribution in [0.1, 0.15) is 213 Å². The Morgan fingerprint density at radius 1 is 0.288 bits per heavy atom. The summed E-state index contributed by atoms with van der Waals surface area (Å²) in [5.74, 6) is -1.07. The summed E-state index contributed by atoms with van der Waals surface area (Å²) >= 11 is 0. The standard InChI is InChI=1S/C67H102O6/c1-4-7-10-13-16-19-22-25-27-29-31-32-33-34-36-37-39-42-45-48-51-54-57-60-66(69)72-63-64(62-71-65(68)59-56-53-50-47-44-41-24-21-18-15-12-9-6-3)73-67(70)61-58-55-52-49-46-43-40-38-35-30-28-26-23-20-17-14-11-8-5-2/h7-8,10-12,15-17,19-21,24-28,31-32,34-36,38-39,42-43,46,52,55,64H,4-6,9,13-14,18,22-23,29-30,33,37,40-41,44-45,47-51,53-54,56-63H2,1-3H3/b10-7-,11-8-,15-12-,19-16-,20-17-,24-21-,27-25-,28-26-,32-31-,36-34-,38-35-,42-39-,46-43-,55-52-. The van der Waals surface area contributed by atoms with Crippen LogP contribution in [0.15, 0.2) is 170 Å². The van der Waals surface area contributed by atoms with Crippen molar-refractivity contribution in [2.24, 2.45) is 0 Å². The van der Waals surface area contributed by atoms with Gasteiger partial charge in [-0.2, -0.15) is 0 Å². The van der Waals surface area contributed by atoms with Gasteiger partial charge in [0, 0.05) is 19.3 Å². The predicted molar refractivity (Wildman–Crippen MR) is 315 cm³/mol. The van der Waals surface area contributed by atoms with Gasteiger partial charge in [-0.05, 0) is 135 Å². The lowest BCUT2D eigenvalue weighted by molar-refractivity contribution is -0.166. The first-order valence-corrected chi connectivity index (χ1v) is 28.6. The highest BCUT2D eigenvalue weighted by molar-refractivity contribution is 5.71. The first kappa shape index (κ1) is 67.8. The Balaban J connectivity index is 4.58. The summed E-state index contributed by atoms with van der Waals surface area (Å²) in [4.78, 5) is 38.1. The van der Waals surface area contributed by atoms with Crippen molar-refractivity contribution in [1.29, 1.82) is 0 Å². The third-order valence-electron chi connectivity index (χ3n) is 11.2. The minimum Gasteiger partial charge on any atom is -0.462 e. The van der Waals surface area contributed by atoms with Crippen molar-refractivity contribution in [3.63, 3.8) is 0 Å². The van der Waals surface area contributed by atoms with E-state index in [1.165, 1.54) is 6.42 Å². The van der Waals surface area contributed by atoms with Gasteiger partial charge < -0.3 is 14.2 Å². The van der Waals surface area contributed by atoms with Crippen LogP contribution in [0, 0.1) is 0 Å². The summed E-state index contributed by atoms with van der Waals surface area (Å²) in [7, 11) is 0. The average Bonchev–Trinajstić information content (AvgIpc) is 3.39. The van der Waals surface area contributed by atoms with Crippen molar-refractivity contribution < 1.29 is 28.6 Å². The molecule has 0 radical (unpaired) electrons. The Kier molecular flexibility index (Phi) is 55.1. The second-order valence-corrected chi connectivity index (χ2v) is 18.1. The molecule has 0 fully saturated rings. The number of esters is 3. The van der Waals surface area contributed by atoms with Crippen LogP contribution in [0.25, 0.3) is 0 Å². The maximum Gasteiger partial charge on any atom is 0.306 e. The molecule has 6 heteroatoms. The van der Waals surface area contributed by atoms with Crippen LogP contribution in [0.5, 0.6) is 0 Å². The number of hydrogen-bond acceptors (Lipinski definition) is 6. The topological polar surface area (TPSA) is 78.9 Å². The minimum atomic E-state index is -0.845. The highest BCUT2D eigenvalue weighted by Gasteiger charge is 2.19. The fourth-order valence-corrected chi connectivity index (χ4v) is 6.98. The number of ether oxygens (including phenoxy) is 3. The van der Waals surface area contributed by atoms with Crippen LogP contribution in [0.2, 0.25) is 0 Å². The number of rotatable bonds is 49. The zero-order chi connectivity index (χ0) is 52.9. The number of allylic oxidation sites excluding steroid dienone is 28. The van der Waals surface area contributed by atoms with Crippen molar-refractivity contribution >= 4 is 17.9 Å². The van der Waals surface area contributed by atoms with Crippen molar-refractivity contribution in [3.8, 4) is 0 Å². The molecule has 0 N–H and O–H groups in total. The molecular weight excluding hydrogens is 901 g/mol. The quantitative estimate of drug-likeness (QED) is 0.0261. The van der Waals surface area contributed by atoms with Crippen molar-refractivity contribution in [3.05, 3.63) is 170 Å². The molecule has 0 spiro atoms. The van der Waals surface area contributed by atoms with Crippen LogP contribution >= 0.6 is 0 Å². The summed E-state index contributed by atoms with van der Waals surface area (Å²) < 4.78 is 16.7. The molecule has 0 aromatic carbocycles. The summed E-state index contributed by atoms with van der Waals surface area (Å²) in [6.07, 6.45) is 87.8. The third-order valence-corrected chi connectivity index (χ3v) is 11.2. The maximum atomic E-state index is 12.8. The van der Waals surface area contributed by atoms with Crippen molar-refractivity contribution in [1.82, 2.24) is 0 Å². The van der Waals surface area contributed by atoms with Gasteiger partial charge in [0.1, 0.15) is 13.2 Å². The molecule has 0 aliphatic rings. The Morgan fingerprint density at radius 3 is 0.890 bits per heavy atom. The Labute approximate surface area is 447 Å². The van der Waals surface area contributed by atoms with E-state index in [-0.39, 0.29) is 31.6 Å². The van der Waals surface area contributed by atoms with Gasteiger partial charge in [-0.25, -0.2) is 0 Å². The first-order chi connectivity index (χ1) is 36.0. The molecule has 0 aliphatic carbocycles. The zero-order valence-corrected chi connectivity index (χ0v) is 46.3. The zero-order valence-electron chi connectivity index (χ0n) is 46.3. The van der Waals surface area contributed by atoms with E-state index in [1.54, 1.807) is 0 Å². The molecule has 0 saturated heterocycles. The number of hydrogen-bond donors (Lipinski definition) is 0. The largest absolute Gasteiger partial charge is 0.462 e. The third kappa shape index (κ3) is 57.5. The Bertz CT molecular complexity index is 1720. The molecule has 0 heterocycles. The first-order valence-electron chi connectivity index (χ1n) is 28.6. The molecule has 0 saturated carbocycles. The Morgan fingerprint density at radius 2 is 0.562 bits per heavy atom. The lowest BCUT2D eigenvalue weighted by atomic mass is 10.1. The van der Waals surface area contributed by atoms with E-state index in [0.717, 1.165) is 161 Å². The highest BCUT2D eigenvalue weighted by atomic mass is 16.6. The van der Waals surface area contributed by atoms with Crippen LogP contribution < -0.4 is 0 Å².